The first-order valence-electron chi connectivity index (χ1n) is 14.1. The third-order valence-corrected chi connectivity index (χ3v) is 7.45. The Labute approximate surface area is 255 Å². The summed E-state index contributed by atoms with van der Waals surface area (Å²) < 4.78 is 0. The number of rotatable bonds is 12. The molecule has 0 fully saturated rings. The van der Waals surface area contributed by atoms with E-state index in [4.69, 9.17) is 11.3 Å². The van der Waals surface area contributed by atoms with Gasteiger partial charge in [0, 0.05) is 24.2 Å². The third-order valence-electron chi connectivity index (χ3n) is 7.45. The highest BCUT2D eigenvalue weighted by molar-refractivity contribution is 6.03. The number of aliphatic carboxylic acids is 1. The first-order chi connectivity index (χ1) is 21.4. The summed E-state index contributed by atoms with van der Waals surface area (Å²) in [6.07, 6.45) is 0. The van der Waals surface area contributed by atoms with Gasteiger partial charge in [-0.3, -0.25) is 9.69 Å². The lowest BCUT2D eigenvalue weighted by Crippen LogP contribution is -2.43. The Morgan fingerprint density at radius 1 is 0.864 bits per heavy atom. The smallest absolute Gasteiger partial charge is 0.321 e. The number of tetrazole rings is 1. The summed E-state index contributed by atoms with van der Waals surface area (Å²) >= 11 is 0. The van der Waals surface area contributed by atoms with E-state index in [1.54, 1.807) is 0 Å². The molecule has 11 heteroatoms. The predicted molar refractivity (Wildman–Crippen MR) is 168 cm³/mol. The molecule has 44 heavy (non-hydrogen) atoms. The molecule has 0 aliphatic carbocycles. The summed E-state index contributed by atoms with van der Waals surface area (Å²) in [6, 6.07) is 30.8. The van der Waals surface area contributed by atoms with Crippen LogP contribution in [0.5, 0.6) is 0 Å². The van der Waals surface area contributed by atoms with E-state index < -0.39 is 12.0 Å². The first-order valence-corrected chi connectivity index (χ1v) is 14.1. The van der Waals surface area contributed by atoms with E-state index in [1.165, 1.54) is 0 Å². The zero-order chi connectivity index (χ0) is 31.1. The number of carbonyl (C=O) groups is 1. The number of aromatic amines is 1. The van der Waals surface area contributed by atoms with Crippen LogP contribution in [0.2, 0.25) is 0 Å². The standard InChI is InChI=1S/C33H33N9O2/c1-21(2)30(33(43)44)42(19-22-11-15-24(16-12-22)26-7-3-5-9-28(26)31(34)36-39-35)20-23-13-17-25(18-14-23)27-8-4-6-10-29(27)32-37-40-41-38-32/h3-18,21,30H,19-20H2,1-2H3,(H,43,44)(H3,34,35,36)(H,37,38,40,41)/t30-/m0/s1. The Bertz CT molecular complexity index is 1750. The zero-order valence-corrected chi connectivity index (χ0v) is 24.4. The molecule has 0 saturated carbocycles. The molecule has 0 bridgehead atoms. The SMILES string of the molecule is CC(C)[C@@H](C(=O)O)N(Cc1ccc(-c2ccccc2C(N)=NN=N)cc1)Cc1ccc(-c2ccccc2-c2nn[nH]n2)cc1. The van der Waals surface area contributed by atoms with Gasteiger partial charge in [-0.25, -0.2) is 0 Å². The topological polar surface area (TPSA) is 170 Å². The largest absolute Gasteiger partial charge is 0.480 e. The van der Waals surface area contributed by atoms with Gasteiger partial charge in [-0.05, 0) is 44.5 Å². The van der Waals surface area contributed by atoms with E-state index in [9.17, 15) is 9.90 Å². The molecule has 222 valence electrons. The molecular weight excluding hydrogens is 554 g/mol. The van der Waals surface area contributed by atoms with Crippen LogP contribution in [-0.2, 0) is 17.9 Å². The van der Waals surface area contributed by atoms with Crippen LogP contribution in [0.15, 0.2) is 107 Å². The summed E-state index contributed by atoms with van der Waals surface area (Å²) in [5.41, 5.74) is 20.4. The molecule has 1 aromatic heterocycles. The van der Waals surface area contributed by atoms with Gasteiger partial charge in [-0.2, -0.15) is 10.7 Å². The second-order valence-electron chi connectivity index (χ2n) is 10.7. The Kier molecular flexibility index (Phi) is 9.26. The summed E-state index contributed by atoms with van der Waals surface area (Å²) in [4.78, 5) is 14.4. The van der Waals surface area contributed by atoms with Crippen LogP contribution in [0.3, 0.4) is 0 Å². The third kappa shape index (κ3) is 6.74. The van der Waals surface area contributed by atoms with Crippen LogP contribution >= 0.6 is 0 Å². The quantitative estimate of drug-likeness (QED) is 0.0603. The van der Waals surface area contributed by atoms with Crippen LogP contribution in [-0.4, -0.2) is 48.5 Å². The van der Waals surface area contributed by atoms with E-state index in [0.29, 0.717) is 24.5 Å². The minimum Gasteiger partial charge on any atom is -0.480 e. The van der Waals surface area contributed by atoms with Crippen molar-refractivity contribution in [3.63, 3.8) is 0 Å². The molecule has 0 radical (unpaired) electrons. The molecule has 0 aliphatic rings. The zero-order valence-electron chi connectivity index (χ0n) is 24.4. The summed E-state index contributed by atoms with van der Waals surface area (Å²) in [5, 5.41) is 31.4. The molecule has 5 aromatic rings. The normalized spacial score (nSPS) is 12.4. The van der Waals surface area contributed by atoms with Crippen molar-refractivity contribution in [3.05, 3.63) is 114 Å². The Morgan fingerprint density at radius 3 is 1.93 bits per heavy atom. The number of hydrogen-bond acceptors (Lipinski definition) is 7. The van der Waals surface area contributed by atoms with Crippen LogP contribution in [0.1, 0.15) is 30.5 Å². The number of carboxylic acids is 1. The molecule has 5 rings (SSSR count). The van der Waals surface area contributed by atoms with Crippen molar-refractivity contribution in [1.29, 1.82) is 5.53 Å². The number of nitrogens with zero attached hydrogens (tertiary/aromatic N) is 6. The van der Waals surface area contributed by atoms with Gasteiger partial charge in [0.15, 0.2) is 5.84 Å². The summed E-state index contributed by atoms with van der Waals surface area (Å²) in [6.45, 7) is 4.76. The van der Waals surface area contributed by atoms with Gasteiger partial charge in [-0.1, -0.05) is 116 Å². The summed E-state index contributed by atoms with van der Waals surface area (Å²) in [5.74, 6) is -0.279. The van der Waals surface area contributed by atoms with Gasteiger partial charge in [-0.15, -0.1) is 15.3 Å². The molecule has 0 unspecified atom stereocenters. The lowest BCUT2D eigenvalue weighted by atomic mass is 9.96. The van der Waals surface area contributed by atoms with E-state index in [0.717, 1.165) is 38.9 Å². The van der Waals surface area contributed by atoms with Gasteiger partial charge in [0.25, 0.3) is 0 Å². The second-order valence-corrected chi connectivity index (χ2v) is 10.7. The fraction of sp³-hybridized carbons (Fsp3) is 0.182. The minimum atomic E-state index is -0.856. The molecule has 0 saturated heterocycles. The molecule has 0 amide bonds. The van der Waals surface area contributed by atoms with Crippen molar-refractivity contribution >= 4 is 11.8 Å². The van der Waals surface area contributed by atoms with Crippen molar-refractivity contribution in [1.82, 2.24) is 25.5 Å². The molecule has 0 spiro atoms. The Hall–Kier alpha value is -5.55. The average Bonchev–Trinajstić information content (AvgIpc) is 3.57. The van der Waals surface area contributed by atoms with E-state index in [2.05, 4.69) is 30.9 Å². The van der Waals surface area contributed by atoms with Crippen LogP contribution in [0.25, 0.3) is 33.6 Å². The van der Waals surface area contributed by atoms with E-state index in [1.807, 2.05) is 116 Å². The molecule has 4 aromatic carbocycles. The van der Waals surface area contributed by atoms with Crippen molar-refractivity contribution in [2.45, 2.75) is 33.0 Å². The highest BCUT2D eigenvalue weighted by Gasteiger charge is 2.29. The van der Waals surface area contributed by atoms with E-state index in [-0.39, 0.29) is 11.8 Å². The van der Waals surface area contributed by atoms with Crippen molar-refractivity contribution < 1.29 is 9.90 Å². The monoisotopic (exact) mass is 587 g/mol. The molecule has 1 heterocycles. The van der Waals surface area contributed by atoms with Crippen LogP contribution < -0.4 is 5.73 Å². The molecule has 0 aliphatic heterocycles. The van der Waals surface area contributed by atoms with Crippen LogP contribution in [0.4, 0.5) is 0 Å². The number of carboxylic acid groups (broad SMARTS) is 1. The van der Waals surface area contributed by atoms with Crippen molar-refractivity contribution in [2.24, 2.45) is 22.0 Å². The Morgan fingerprint density at radius 2 is 1.41 bits per heavy atom. The number of amidine groups is 1. The number of aromatic nitrogens is 4. The summed E-state index contributed by atoms with van der Waals surface area (Å²) in [7, 11) is 0. The maximum atomic E-state index is 12.4. The van der Waals surface area contributed by atoms with Gasteiger partial charge in [0.05, 0.1) is 0 Å². The second kappa shape index (κ2) is 13.6. The number of hydrogen-bond donors (Lipinski definition) is 4. The first kappa shape index (κ1) is 29.9. The van der Waals surface area contributed by atoms with Crippen molar-refractivity contribution in [3.8, 4) is 33.6 Å². The number of nitrogens with two attached hydrogens (primary N) is 1. The average molecular weight is 588 g/mol. The van der Waals surface area contributed by atoms with Gasteiger partial charge in [0.2, 0.25) is 5.82 Å². The lowest BCUT2D eigenvalue weighted by molar-refractivity contribution is -0.145. The Balaban J connectivity index is 1.40. The van der Waals surface area contributed by atoms with Gasteiger partial charge >= 0.3 is 5.97 Å². The van der Waals surface area contributed by atoms with Crippen molar-refractivity contribution in [2.75, 3.05) is 0 Å². The predicted octanol–water partition coefficient (Wildman–Crippen LogP) is 5.96. The van der Waals surface area contributed by atoms with Gasteiger partial charge < -0.3 is 10.8 Å². The molecule has 11 nitrogen and oxygen atoms in total. The number of benzene rings is 4. The highest BCUT2D eigenvalue weighted by atomic mass is 16.4. The fourth-order valence-corrected chi connectivity index (χ4v) is 5.44. The number of nitrogens with one attached hydrogen (secondary N) is 2. The lowest BCUT2D eigenvalue weighted by Gasteiger charge is -2.31. The molecular formula is C33H33N9O2. The maximum Gasteiger partial charge on any atom is 0.321 e. The number of H-pyrrole nitrogens is 1. The molecule has 5 N–H and O–H groups in total. The fourth-order valence-electron chi connectivity index (χ4n) is 5.44. The minimum absolute atomic E-state index is 0.107. The van der Waals surface area contributed by atoms with E-state index >= 15 is 0 Å². The molecule has 1 atom stereocenters. The van der Waals surface area contributed by atoms with Gasteiger partial charge in [0.1, 0.15) is 6.04 Å². The highest BCUT2D eigenvalue weighted by Crippen LogP contribution is 2.30. The van der Waals surface area contributed by atoms with Crippen LogP contribution in [0, 0.1) is 11.4 Å². The maximum absolute atomic E-state index is 12.4.